The fourth-order valence-corrected chi connectivity index (χ4v) is 3.89. The first-order valence-electron chi connectivity index (χ1n) is 13.2. The minimum atomic E-state index is -0.665. The van der Waals surface area contributed by atoms with E-state index in [0.717, 1.165) is 54.9 Å². The molecule has 1 aliphatic rings. The smallest absolute Gasteiger partial charge is 0.320 e. The first-order chi connectivity index (χ1) is 19.5. The molecule has 4 rings (SSSR count). The van der Waals surface area contributed by atoms with Gasteiger partial charge in [-0.1, -0.05) is 54.0 Å². The van der Waals surface area contributed by atoms with E-state index in [1.54, 1.807) is 6.92 Å². The highest BCUT2D eigenvalue weighted by atomic mass is 16.4. The van der Waals surface area contributed by atoms with Crippen molar-refractivity contribution >= 4 is 35.8 Å². The summed E-state index contributed by atoms with van der Waals surface area (Å²) >= 11 is 0. The zero-order valence-corrected chi connectivity index (χ0v) is 23.4. The molecule has 1 aromatic heterocycles. The van der Waals surface area contributed by atoms with Crippen molar-refractivity contribution in [2.45, 2.75) is 46.0 Å². The number of carboxylic acid groups (broad SMARTS) is 1. The molecule has 1 unspecified atom stereocenters. The number of hydrogen-bond donors (Lipinski definition) is 4. The lowest BCUT2D eigenvalue weighted by Gasteiger charge is -2.09. The molecule has 0 saturated heterocycles. The van der Waals surface area contributed by atoms with Crippen LogP contribution in [0.2, 0.25) is 0 Å². The maximum absolute atomic E-state index is 10.9. The summed E-state index contributed by atoms with van der Waals surface area (Å²) in [6.07, 6.45) is 12.9. The van der Waals surface area contributed by atoms with Gasteiger partial charge in [0.1, 0.15) is 6.79 Å². The molecule has 0 spiro atoms. The lowest BCUT2D eigenvalue weighted by Crippen LogP contribution is -2.12. The number of para-hydroxylation sites is 1. The van der Waals surface area contributed by atoms with Crippen molar-refractivity contribution in [1.29, 1.82) is 0 Å². The maximum atomic E-state index is 10.9. The van der Waals surface area contributed by atoms with Crippen LogP contribution in [0.25, 0.3) is 0 Å². The Morgan fingerprint density at radius 3 is 2.20 bits per heavy atom. The number of benzene rings is 2. The number of carbonyl (C=O) groups excluding carboxylic acids is 1. The second-order valence-corrected chi connectivity index (χ2v) is 8.91. The summed E-state index contributed by atoms with van der Waals surface area (Å²) in [6.45, 7) is 5.69. The summed E-state index contributed by atoms with van der Waals surface area (Å²) in [7, 11) is 1.92. The molecule has 1 heterocycles. The number of aromatic nitrogens is 2. The average molecular weight is 546 g/mol. The highest BCUT2D eigenvalue weighted by Gasteiger charge is 2.14. The van der Waals surface area contributed by atoms with Crippen molar-refractivity contribution in [3.8, 4) is 0 Å². The van der Waals surface area contributed by atoms with Gasteiger partial charge in [-0.15, -0.1) is 5.10 Å². The SMILES string of the molecule is C=O.CCC(CCCC1=CCC=C(NC)C=C1)C(=O)O.Cc1nnc(Nc2ccc(Nc3ccccc3)cc2)o1. The number of likely N-dealkylation sites (N-methyl/N-ethyl adjacent to an activating group) is 1. The Kier molecular flexibility index (Phi) is 14.0. The fraction of sp³-hybridized carbons (Fsp3) is 0.290. The topological polar surface area (TPSA) is 129 Å². The number of aryl methyl sites for hydroxylation is 1. The van der Waals surface area contributed by atoms with Gasteiger partial charge in [0.2, 0.25) is 5.89 Å². The van der Waals surface area contributed by atoms with Gasteiger partial charge in [0.15, 0.2) is 0 Å². The van der Waals surface area contributed by atoms with E-state index in [9.17, 15) is 4.79 Å². The second-order valence-electron chi connectivity index (χ2n) is 8.91. The van der Waals surface area contributed by atoms with E-state index in [1.807, 2.05) is 75.4 Å². The van der Waals surface area contributed by atoms with Gasteiger partial charge < -0.3 is 30.3 Å². The van der Waals surface area contributed by atoms with E-state index in [1.165, 1.54) is 5.57 Å². The number of nitrogens with zero attached hydrogens (tertiary/aromatic N) is 2. The molecule has 0 aliphatic heterocycles. The number of nitrogens with one attached hydrogen (secondary N) is 3. The Balaban J connectivity index is 0.000000266. The van der Waals surface area contributed by atoms with E-state index in [2.05, 4.69) is 50.5 Å². The molecule has 0 fully saturated rings. The molecule has 9 heteroatoms. The third-order valence-corrected chi connectivity index (χ3v) is 6.07. The number of rotatable bonds is 11. The zero-order chi connectivity index (χ0) is 29.2. The van der Waals surface area contributed by atoms with Gasteiger partial charge >= 0.3 is 12.0 Å². The largest absolute Gasteiger partial charge is 0.481 e. The van der Waals surface area contributed by atoms with Crippen molar-refractivity contribution in [2.75, 3.05) is 17.7 Å². The van der Waals surface area contributed by atoms with Crippen LogP contribution >= 0.6 is 0 Å². The second kappa shape index (κ2) is 17.8. The molecule has 3 aromatic rings. The van der Waals surface area contributed by atoms with Crippen molar-refractivity contribution in [1.82, 2.24) is 15.5 Å². The van der Waals surface area contributed by atoms with Crippen LogP contribution in [-0.4, -0.2) is 35.1 Å². The molecular formula is C31H39N5O4. The Morgan fingerprint density at radius 2 is 1.62 bits per heavy atom. The summed E-state index contributed by atoms with van der Waals surface area (Å²) in [5.41, 5.74) is 5.41. The van der Waals surface area contributed by atoms with Crippen LogP contribution in [0.5, 0.6) is 0 Å². The van der Waals surface area contributed by atoms with Crippen LogP contribution in [0.1, 0.15) is 44.9 Å². The Labute approximate surface area is 236 Å². The standard InChI is InChI=1S/C15H14N4O.C15H23NO2.CH2O/c1-11-18-19-15(20-11)17-14-9-7-13(8-10-14)16-12-5-3-2-4-6-12;1-3-13(15(17)18)8-4-6-12-7-5-9-14(16-2)11-10-12;1-2/h2-10,16H,1H3,(H,17,19);7,9-11,13,16H,3-6,8H2,1-2H3,(H,17,18);1H2. The van der Waals surface area contributed by atoms with E-state index >= 15 is 0 Å². The lowest BCUT2D eigenvalue weighted by molar-refractivity contribution is -0.142. The fourth-order valence-electron chi connectivity index (χ4n) is 3.89. The molecule has 1 aliphatic carbocycles. The van der Waals surface area contributed by atoms with Crippen LogP contribution in [0.15, 0.2) is 94.6 Å². The van der Waals surface area contributed by atoms with Crippen LogP contribution < -0.4 is 16.0 Å². The normalized spacial score (nSPS) is 12.7. The monoisotopic (exact) mass is 545 g/mol. The minimum absolute atomic E-state index is 0.189. The summed E-state index contributed by atoms with van der Waals surface area (Å²) in [4.78, 5) is 18.9. The molecule has 9 nitrogen and oxygen atoms in total. The van der Waals surface area contributed by atoms with Gasteiger partial charge in [-0.2, -0.15) is 0 Å². The third-order valence-electron chi connectivity index (χ3n) is 6.07. The van der Waals surface area contributed by atoms with Gasteiger partial charge in [-0.3, -0.25) is 4.79 Å². The summed E-state index contributed by atoms with van der Waals surface area (Å²) < 4.78 is 5.26. The van der Waals surface area contributed by atoms with Gasteiger partial charge in [0, 0.05) is 36.7 Å². The maximum Gasteiger partial charge on any atom is 0.320 e. The predicted molar refractivity (Wildman–Crippen MR) is 160 cm³/mol. The van der Waals surface area contributed by atoms with E-state index in [4.69, 9.17) is 14.3 Å². The highest BCUT2D eigenvalue weighted by molar-refractivity contribution is 5.69. The number of anilines is 4. The minimum Gasteiger partial charge on any atom is -0.481 e. The van der Waals surface area contributed by atoms with Crippen LogP contribution in [0.3, 0.4) is 0 Å². The number of carbonyl (C=O) groups is 2. The summed E-state index contributed by atoms with van der Waals surface area (Å²) in [5, 5.41) is 26.1. The molecule has 212 valence electrons. The Bertz CT molecular complexity index is 1250. The molecule has 2 aromatic carbocycles. The average Bonchev–Trinajstić information content (AvgIpc) is 3.24. The highest BCUT2D eigenvalue weighted by Crippen LogP contribution is 2.21. The molecule has 0 amide bonds. The van der Waals surface area contributed by atoms with Crippen molar-refractivity contribution in [3.05, 3.63) is 96.1 Å². The molecular weight excluding hydrogens is 506 g/mol. The van der Waals surface area contributed by atoms with Crippen molar-refractivity contribution < 1.29 is 19.1 Å². The lowest BCUT2D eigenvalue weighted by atomic mass is 9.97. The first-order valence-corrected chi connectivity index (χ1v) is 13.2. The number of carboxylic acids is 1. The van der Waals surface area contributed by atoms with Gasteiger partial charge in [0.25, 0.3) is 0 Å². The predicted octanol–water partition coefficient (Wildman–Crippen LogP) is 6.94. The molecule has 0 saturated carbocycles. The molecule has 0 radical (unpaired) electrons. The summed E-state index contributed by atoms with van der Waals surface area (Å²) in [6, 6.07) is 18.3. The van der Waals surface area contributed by atoms with Crippen LogP contribution in [0, 0.1) is 12.8 Å². The Hall–Kier alpha value is -4.66. The van der Waals surface area contributed by atoms with Gasteiger partial charge in [0.05, 0.1) is 5.92 Å². The van der Waals surface area contributed by atoms with Gasteiger partial charge in [-0.05, 0) is 74.6 Å². The van der Waals surface area contributed by atoms with E-state index in [-0.39, 0.29) is 5.92 Å². The van der Waals surface area contributed by atoms with Crippen molar-refractivity contribution in [3.63, 3.8) is 0 Å². The zero-order valence-electron chi connectivity index (χ0n) is 23.4. The number of hydrogen-bond acceptors (Lipinski definition) is 8. The molecule has 1 atom stereocenters. The first kappa shape index (κ1) is 31.6. The molecule has 0 bridgehead atoms. The molecule has 4 N–H and O–H groups in total. The summed E-state index contributed by atoms with van der Waals surface area (Å²) in [5.74, 6) is -0.316. The number of aliphatic carboxylic acids is 1. The molecule has 40 heavy (non-hydrogen) atoms. The third kappa shape index (κ3) is 11.4. The van der Waals surface area contributed by atoms with Crippen LogP contribution in [-0.2, 0) is 9.59 Å². The Morgan fingerprint density at radius 1 is 0.975 bits per heavy atom. The van der Waals surface area contributed by atoms with Gasteiger partial charge in [-0.25, -0.2) is 0 Å². The van der Waals surface area contributed by atoms with Crippen molar-refractivity contribution in [2.24, 2.45) is 5.92 Å². The number of allylic oxidation sites excluding steroid dienone is 5. The van der Waals surface area contributed by atoms with E-state index < -0.39 is 5.97 Å². The van der Waals surface area contributed by atoms with E-state index in [0.29, 0.717) is 11.9 Å². The van der Waals surface area contributed by atoms with Crippen LogP contribution in [0.4, 0.5) is 23.1 Å². The quantitative estimate of drug-likeness (QED) is 0.202.